The third-order valence-corrected chi connectivity index (χ3v) is 5.85. The molecule has 4 amide bonds. The van der Waals surface area contributed by atoms with Gasteiger partial charge in [-0.3, -0.25) is 9.80 Å². The van der Waals surface area contributed by atoms with E-state index in [0.717, 1.165) is 25.7 Å². The van der Waals surface area contributed by atoms with Crippen molar-refractivity contribution in [1.82, 2.24) is 20.4 Å². The van der Waals surface area contributed by atoms with Crippen LogP contribution in [0.15, 0.2) is 0 Å². The Morgan fingerprint density at radius 3 is 1.36 bits per heavy atom. The Hall–Kier alpha value is -1.46. The molecule has 2 saturated carbocycles. The molecule has 0 radical (unpaired) electrons. The van der Waals surface area contributed by atoms with E-state index in [1.165, 1.54) is 38.5 Å². The molecule has 2 atom stereocenters. The molecule has 6 nitrogen and oxygen atoms in total. The third kappa shape index (κ3) is 2.23. The molecule has 22 heavy (non-hydrogen) atoms. The average molecular weight is 306 g/mol. The molecule has 0 aromatic carbocycles. The Bertz CT molecular complexity index is 415. The number of urea groups is 2. The molecule has 0 bridgehead atoms. The minimum atomic E-state index is -0.176. The maximum absolute atomic E-state index is 12.5. The zero-order valence-corrected chi connectivity index (χ0v) is 13.1. The van der Waals surface area contributed by atoms with Crippen LogP contribution in [0.5, 0.6) is 0 Å². The van der Waals surface area contributed by atoms with Crippen molar-refractivity contribution in [3.05, 3.63) is 0 Å². The van der Waals surface area contributed by atoms with Gasteiger partial charge in [-0.05, 0) is 25.7 Å². The molecule has 2 aliphatic carbocycles. The van der Waals surface area contributed by atoms with Crippen molar-refractivity contribution >= 4 is 12.1 Å². The molecule has 0 spiro atoms. The van der Waals surface area contributed by atoms with Gasteiger partial charge < -0.3 is 10.6 Å². The first kappa shape index (κ1) is 14.2. The summed E-state index contributed by atoms with van der Waals surface area (Å²) in [4.78, 5) is 28.8. The summed E-state index contributed by atoms with van der Waals surface area (Å²) in [5.41, 5.74) is 0. The number of carbonyl (C=O) groups excluding carboxylic acids is 2. The predicted molar refractivity (Wildman–Crippen MR) is 82.1 cm³/mol. The second-order valence-corrected chi connectivity index (χ2v) is 7.19. The first-order valence-electron chi connectivity index (χ1n) is 8.93. The van der Waals surface area contributed by atoms with Crippen molar-refractivity contribution in [3.8, 4) is 0 Å². The Morgan fingerprint density at radius 2 is 1.00 bits per heavy atom. The minimum absolute atomic E-state index is 0.00251. The highest BCUT2D eigenvalue weighted by Crippen LogP contribution is 2.33. The second-order valence-electron chi connectivity index (χ2n) is 7.19. The smallest absolute Gasteiger partial charge is 0.314 e. The Kier molecular flexibility index (Phi) is 3.62. The summed E-state index contributed by atoms with van der Waals surface area (Å²) in [7, 11) is 0. The quantitative estimate of drug-likeness (QED) is 0.822. The molecular weight excluding hydrogens is 280 g/mol. The highest BCUT2D eigenvalue weighted by atomic mass is 16.2. The molecule has 0 aromatic heterocycles. The SMILES string of the molecule is O=C1N[C@@H]2[C@@H](NC(=O)N2C2CCCCC2)N1C1CCCCC1. The summed E-state index contributed by atoms with van der Waals surface area (Å²) in [6.45, 7) is 0. The fourth-order valence-corrected chi connectivity index (χ4v) is 4.76. The molecule has 6 heteroatoms. The summed E-state index contributed by atoms with van der Waals surface area (Å²) < 4.78 is 0. The van der Waals surface area contributed by atoms with E-state index in [0.29, 0.717) is 0 Å². The second kappa shape index (κ2) is 5.63. The Balaban J connectivity index is 1.52. The van der Waals surface area contributed by atoms with Crippen LogP contribution >= 0.6 is 0 Å². The monoisotopic (exact) mass is 306 g/mol. The van der Waals surface area contributed by atoms with Gasteiger partial charge in [0.05, 0.1) is 0 Å². The summed E-state index contributed by atoms with van der Waals surface area (Å²) in [6, 6.07) is 0.580. The van der Waals surface area contributed by atoms with Gasteiger partial charge in [0.15, 0.2) is 0 Å². The number of hydrogen-bond donors (Lipinski definition) is 2. The predicted octanol–water partition coefficient (Wildman–Crippen LogP) is 2.35. The average Bonchev–Trinajstić information content (AvgIpc) is 3.01. The lowest BCUT2D eigenvalue weighted by Crippen LogP contribution is -2.49. The fraction of sp³-hybridized carbons (Fsp3) is 0.875. The van der Waals surface area contributed by atoms with Crippen LogP contribution in [-0.4, -0.2) is 46.3 Å². The first-order valence-corrected chi connectivity index (χ1v) is 8.93. The fourth-order valence-electron chi connectivity index (χ4n) is 4.76. The summed E-state index contributed by atoms with van der Waals surface area (Å²) in [5.74, 6) is 0. The number of nitrogens with zero attached hydrogens (tertiary/aromatic N) is 2. The lowest BCUT2D eigenvalue weighted by molar-refractivity contribution is 0.123. The number of carbonyl (C=O) groups is 2. The number of nitrogens with one attached hydrogen (secondary N) is 2. The van der Waals surface area contributed by atoms with E-state index in [2.05, 4.69) is 10.6 Å². The highest BCUT2D eigenvalue weighted by Gasteiger charge is 2.53. The molecule has 0 unspecified atom stereocenters. The van der Waals surface area contributed by atoms with Gasteiger partial charge in [0.25, 0.3) is 0 Å². The van der Waals surface area contributed by atoms with E-state index < -0.39 is 0 Å². The topological polar surface area (TPSA) is 64.7 Å². The number of amides is 4. The van der Waals surface area contributed by atoms with Crippen molar-refractivity contribution in [2.24, 2.45) is 0 Å². The van der Waals surface area contributed by atoms with Gasteiger partial charge in [-0.25, -0.2) is 9.59 Å². The van der Waals surface area contributed by atoms with Crippen LogP contribution in [0.1, 0.15) is 64.2 Å². The summed E-state index contributed by atoms with van der Waals surface area (Å²) in [6.07, 6.45) is 11.2. The first-order chi connectivity index (χ1) is 10.8. The van der Waals surface area contributed by atoms with Gasteiger partial charge in [-0.15, -0.1) is 0 Å². The van der Waals surface area contributed by atoms with Crippen LogP contribution in [0.25, 0.3) is 0 Å². The Labute approximate surface area is 131 Å². The van der Waals surface area contributed by atoms with Crippen LogP contribution in [0.3, 0.4) is 0 Å². The number of hydrogen-bond acceptors (Lipinski definition) is 2. The normalized spacial score (nSPS) is 33.8. The van der Waals surface area contributed by atoms with Gasteiger partial charge in [0.1, 0.15) is 12.3 Å². The van der Waals surface area contributed by atoms with E-state index in [4.69, 9.17) is 0 Å². The van der Waals surface area contributed by atoms with E-state index in [9.17, 15) is 9.59 Å². The third-order valence-electron chi connectivity index (χ3n) is 5.85. The molecule has 4 fully saturated rings. The van der Waals surface area contributed by atoms with Gasteiger partial charge in [0.2, 0.25) is 0 Å². The Morgan fingerprint density at radius 1 is 0.636 bits per heavy atom. The van der Waals surface area contributed by atoms with Crippen molar-refractivity contribution in [2.75, 3.05) is 0 Å². The van der Waals surface area contributed by atoms with Crippen molar-refractivity contribution in [1.29, 1.82) is 0 Å². The van der Waals surface area contributed by atoms with E-state index in [1.807, 2.05) is 9.80 Å². The number of rotatable bonds is 2. The van der Waals surface area contributed by atoms with E-state index in [-0.39, 0.29) is 36.5 Å². The molecule has 4 rings (SSSR count). The van der Waals surface area contributed by atoms with Crippen molar-refractivity contribution in [3.63, 3.8) is 0 Å². The molecule has 4 aliphatic rings. The molecule has 2 aliphatic heterocycles. The van der Waals surface area contributed by atoms with Crippen LogP contribution < -0.4 is 10.6 Å². The molecule has 2 saturated heterocycles. The maximum atomic E-state index is 12.5. The van der Waals surface area contributed by atoms with Crippen molar-refractivity contribution < 1.29 is 9.59 Å². The molecule has 122 valence electrons. The van der Waals surface area contributed by atoms with Crippen LogP contribution in [-0.2, 0) is 0 Å². The zero-order chi connectivity index (χ0) is 15.1. The lowest BCUT2D eigenvalue weighted by atomic mass is 9.93. The van der Waals surface area contributed by atoms with Crippen LogP contribution in [0, 0.1) is 0 Å². The summed E-state index contributed by atoms with van der Waals surface area (Å²) in [5, 5.41) is 6.14. The van der Waals surface area contributed by atoms with E-state index in [1.54, 1.807) is 0 Å². The van der Waals surface area contributed by atoms with Crippen molar-refractivity contribution in [2.45, 2.75) is 88.6 Å². The molecular formula is C16H26N4O2. The number of fused-ring (bicyclic) bond motifs is 1. The molecule has 2 N–H and O–H groups in total. The van der Waals surface area contributed by atoms with Gasteiger partial charge in [-0.2, -0.15) is 0 Å². The minimum Gasteiger partial charge on any atom is -0.314 e. The highest BCUT2D eigenvalue weighted by molar-refractivity contribution is 5.85. The van der Waals surface area contributed by atoms with Gasteiger partial charge in [0, 0.05) is 12.1 Å². The standard InChI is InChI=1S/C16H26N4O2/c21-15-18-14-13(19(15)11-7-3-1-4-8-11)17-16(22)20(14)12-9-5-2-6-10-12/h11-14H,1-10H2,(H,17,22)(H,18,21)/t13-,14-/m0/s1. The summed E-state index contributed by atoms with van der Waals surface area (Å²) >= 11 is 0. The van der Waals surface area contributed by atoms with Crippen LogP contribution in [0.4, 0.5) is 9.59 Å². The van der Waals surface area contributed by atoms with E-state index >= 15 is 0 Å². The molecule has 0 aromatic rings. The molecule has 2 heterocycles. The zero-order valence-electron chi connectivity index (χ0n) is 13.1. The van der Waals surface area contributed by atoms with Gasteiger partial charge >= 0.3 is 12.1 Å². The largest absolute Gasteiger partial charge is 0.321 e. The van der Waals surface area contributed by atoms with Crippen LogP contribution in [0.2, 0.25) is 0 Å². The van der Waals surface area contributed by atoms with Gasteiger partial charge in [-0.1, -0.05) is 38.5 Å². The lowest BCUT2D eigenvalue weighted by Gasteiger charge is -2.34. The maximum Gasteiger partial charge on any atom is 0.321 e.